The van der Waals surface area contributed by atoms with E-state index < -0.39 is 0 Å². The van der Waals surface area contributed by atoms with Crippen molar-refractivity contribution < 1.29 is 14.6 Å². The first-order valence-corrected chi connectivity index (χ1v) is 4.58. The molecule has 0 spiro atoms. The Balaban J connectivity index is 2.40. The molecule has 0 heterocycles. The summed E-state index contributed by atoms with van der Waals surface area (Å²) in [6.07, 6.45) is 0.208. The molecule has 5 heteroatoms. The molecule has 5 nitrogen and oxygen atoms in total. The van der Waals surface area contributed by atoms with Gasteiger partial charge in [-0.2, -0.15) is 0 Å². The summed E-state index contributed by atoms with van der Waals surface area (Å²) in [5.74, 6) is 5.27. The van der Waals surface area contributed by atoms with Crippen LogP contribution in [-0.4, -0.2) is 17.6 Å². The number of hydrogen-bond acceptors (Lipinski definition) is 4. The fourth-order valence-electron chi connectivity index (χ4n) is 1.07. The van der Waals surface area contributed by atoms with Gasteiger partial charge in [-0.15, -0.1) is 0 Å². The summed E-state index contributed by atoms with van der Waals surface area (Å²) >= 11 is 0. The van der Waals surface area contributed by atoms with Crippen LogP contribution in [0.2, 0.25) is 0 Å². The lowest BCUT2D eigenvalue weighted by Crippen LogP contribution is -2.31. The summed E-state index contributed by atoms with van der Waals surface area (Å²) in [7, 11) is 0. The van der Waals surface area contributed by atoms with Gasteiger partial charge in [-0.25, -0.2) is 5.84 Å². The number of ether oxygens (including phenoxy) is 1. The van der Waals surface area contributed by atoms with Crippen molar-refractivity contribution in [3.63, 3.8) is 0 Å². The summed E-state index contributed by atoms with van der Waals surface area (Å²) in [5, 5.41) is 8.88. The van der Waals surface area contributed by atoms with E-state index in [1.54, 1.807) is 24.3 Å². The minimum absolute atomic E-state index is 0.0273. The lowest BCUT2D eigenvalue weighted by molar-refractivity contribution is -0.121. The van der Waals surface area contributed by atoms with Crippen LogP contribution >= 0.6 is 0 Å². The van der Waals surface area contributed by atoms with E-state index in [4.69, 9.17) is 15.7 Å². The van der Waals surface area contributed by atoms with Crippen LogP contribution in [0.15, 0.2) is 24.3 Å². The largest absolute Gasteiger partial charge is 0.493 e. The quantitative estimate of drug-likeness (QED) is 0.361. The van der Waals surface area contributed by atoms with Gasteiger partial charge in [0, 0.05) is 0 Å². The molecule has 0 saturated carbocycles. The van der Waals surface area contributed by atoms with Crippen LogP contribution in [0.4, 0.5) is 0 Å². The van der Waals surface area contributed by atoms with Crippen molar-refractivity contribution in [1.29, 1.82) is 0 Å². The van der Waals surface area contributed by atoms with Crippen LogP contribution in [0, 0.1) is 0 Å². The van der Waals surface area contributed by atoms with Gasteiger partial charge in [-0.05, 0) is 17.7 Å². The van der Waals surface area contributed by atoms with Crippen molar-refractivity contribution in [2.75, 3.05) is 6.61 Å². The molecule has 4 N–H and O–H groups in total. The topological polar surface area (TPSA) is 84.6 Å². The van der Waals surface area contributed by atoms with Crippen molar-refractivity contribution in [2.45, 2.75) is 13.0 Å². The van der Waals surface area contributed by atoms with Gasteiger partial charge in [0.15, 0.2) is 0 Å². The van der Waals surface area contributed by atoms with Crippen molar-refractivity contribution in [3.8, 4) is 5.75 Å². The molecule has 1 amide bonds. The molecule has 0 aliphatic rings. The van der Waals surface area contributed by atoms with E-state index in [0.717, 1.165) is 5.56 Å². The standard InChI is InChI=1S/C10H14N2O3/c11-12-10(14)4-5-15-9-3-1-2-8(6-9)7-13/h1-3,6,13H,4-5,7,11H2,(H,12,14). The first-order chi connectivity index (χ1) is 7.26. The van der Waals surface area contributed by atoms with Crippen LogP contribution in [0.3, 0.4) is 0 Å². The Labute approximate surface area is 87.8 Å². The van der Waals surface area contributed by atoms with E-state index in [1.165, 1.54) is 0 Å². The van der Waals surface area contributed by atoms with Crippen LogP contribution in [0.1, 0.15) is 12.0 Å². The highest BCUT2D eigenvalue weighted by molar-refractivity contribution is 5.75. The number of hydrogen-bond donors (Lipinski definition) is 3. The third kappa shape index (κ3) is 3.97. The zero-order valence-electron chi connectivity index (χ0n) is 8.27. The fourth-order valence-corrected chi connectivity index (χ4v) is 1.07. The van der Waals surface area contributed by atoms with Gasteiger partial charge in [0.05, 0.1) is 19.6 Å². The highest BCUT2D eigenvalue weighted by Crippen LogP contribution is 2.13. The van der Waals surface area contributed by atoms with Crippen molar-refractivity contribution in [1.82, 2.24) is 5.43 Å². The lowest BCUT2D eigenvalue weighted by Gasteiger charge is -2.06. The Morgan fingerprint density at radius 3 is 3.00 bits per heavy atom. The van der Waals surface area contributed by atoms with Crippen LogP contribution in [-0.2, 0) is 11.4 Å². The zero-order chi connectivity index (χ0) is 11.1. The molecule has 0 radical (unpaired) electrons. The Morgan fingerprint density at radius 1 is 1.53 bits per heavy atom. The molecule has 0 unspecified atom stereocenters. The number of carbonyl (C=O) groups is 1. The number of amides is 1. The molecule has 0 aliphatic heterocycles. The first kappa shape index (κ1) is 11.5. The molecule has 82 valence electrons. The summed E-state index contributed by atoms with van der Waals surface area (Å²) in [5.41, 5.74) is 2.79. The van der Waals surface area contributed by atoms with E-state index in [-0.39, 0.29) is 25.5 Å². The van der Waals surface area contributed by atoms with Gasteiger partial charge in [0.25, 0.3) is 0 Å². The van der Waals surface area contributed by atoms with Gasteiger partial charge in [-0.3, -0.25) is 10.2 Å². The molecule has 1 aromatic carbocycles. The molecule has 0 atom stereocenters. The van der Waals surface area contributed by atoms with Gasteiger partial charge < -0.3 is 9.84 Å². The molecule has 1 aromatic rings. The number of rotatable bonds is 5. The summed E-state index contributed by atoms with van der Waals surface area (Å²) in [4.78, 5) is 10.8. The number of nitrogens with two attached hydrogens (primary N) is 1. The summed E-state index contributed by atoms with van der Waals surface area (Å²) in [6, 6.07) is 7.06. The van der Waals surface area contributed by atoms with E-state index in [0.29, 0.717) is 5.75 Å². The molecule has 15 heavy (non-hydrogen) atoms. The maximum absolute atomic E-state index is 10.8. The smallest absolute Gasteiger partial charge is 0.237 e. The van der Waals surface area contributed by atoms with Crippen molar-refractivity contribution >= 4 is 5.91 Å². The highest BCUT2D eigenvalue weighted by Gasteiger charge is 1.99. The van der Waals surface area contributed by atoms with Gasteiger partial charge in [-0.1, -0.05) is 12.1 Å². The molecular formula is C10H14N2O3. The molecule has 1 rings (SSSR count). The Hall–Kier alpha value is -1.59. The van der Waals surface area contributed by atoms with Gasteiger partial charge >= 0.3 is 0 Å². The monoisotopic (exact) mass is 210 g/mol. The van der Waals surface area contributed by atoms with Crippen LogP contribution in [0.25, 0.3) is 0 Å². The third-order valence-corrected chi connectivity index (χ3v) is 1.84. The average molecular weight is 210 g/mol. The molecule has 0 bridgehead atoms. The summed E-state index contributed by atoms with van der Waals surface area (Å²) in [6.45, 7) is 0.235. The Bertz CT molecular complexity index is 328. The van der Waals surface area contributed by atoms with Crippen LogP contribution in [0.5, 0.6) is 5.75 Å². The van der Waals surface area contributed by atoms with E-state index in [2.05, 4.69) is 0 Å². The number of nitrogens with one attached hydrogen (secondary N) is 1. The molecule has 0 aromatic heterocycles. The fraction of sp³-hybridized carbons (Fsp3) is 0.300. The average Bonchev–Trinajstić information content (AvgIpc) is 2.29. The first-order valence-electron chi connectivity index (χ1n) is 4.58. The predicted octanol–water partition coefficient (Wildman–Crippen LogP) is -0.0623. The number of aliphatic hydroxyl groups is 1. The van der Waals surface area contributed by atoms with E-state index in [9.17, 15) is 4.79 Å². The maximum atomic E-state index is 10.8. The molecule has 0 fully saturated rings. The maximum Gasteiger partial charge on any atom is 0.237 e. The van der Waals surface area contributed by atoms with Crippen LogP contribution < -0.4 is 16.0 Å². The normalized spacial score (nSPS) is 9.73. The minimum atomic E-state index is -0.270. The van der Waals surface area contributed by atoms with E-state index >= 15 is 0 Å². The second-order valence-electron chi connectivity index (χ2n) is 2.97. The second kappa shape index (κ2) is 6.00. The number of carbonyl (C=O) groups excluding carboxylic acids is 1. The molecular weight excluding hydrogens is 196 g/mol. The summed E-state index contributed by atoms with van der Waals surface area (Å²) < 4.78 is 5.29. The van der Waals surface area contributed by atoms with Crippen molar-refractivity contribution in [2.24, 2.45) is 5.84 Å². The third-order valence-electron chi connectivity index (χ3n) is 1.84. The SMILES string of the molecule is NNC(=O)CCOc1cccc(CO)c1. The van der Waals surface area contributed by atoms with E-state index in [1.807, 2.05) is 5.43 Å². The zero-order valence-corrected chi connectivity index (χ0v) is 8.27. The molecule has 0 saturated heterocycles. The lowest BCUT2D eigenvalue weighted by atomic mass is 10.2. The molecule has 0 aliphatic carbocycles. The number of hydrazine groups is 1. The predicted molar refractivity (Wildman–Crippen MR) is 54.8 cm³/mol. The van der Waals surface area contributed by atoms with Gasteiger partial charge in [0.2, 0.25) is 5.91 Å². The number of aliphatic hydroxyl groups excluding tert-OH is 1. The second-order valence-corrected chi connectivity index (χ2v) is 2.97. The van der Waals surface area contributed by atoms with Gasteiger partial charge in [0.1, 0.15) is 5.75 Å². The minimum Gasteiger partial charge on any atom is -0.493 e. The van der Waals surface area contributed by atoms with Crippen molar-refractivity contribution in [3.05, 3.63) is 29.8 Å². The Morgan fingerprint density at radius 2 is 2.33 bits per heavy atom. The number of benzene rings is 1. The highest BCUT2D eigenvalue weighted by atomic mass is 16.5. The Kier molecular flexibility index (Phi) is 4.59.